The number of rotatable bonds is 5. The third kappa shape index (κ3) is 4.95. The second kappa shape index (κ2) is 8.35. The van der Waals surface area contributed by atoms with Crippen molar-refractivity contribution < 1.29 is 14.1 Å². The highest BCUT2D eigenvalue weighted by molar-refractivity contribution is 5.94. The van der Waals surface area contributed by atoms with Crippen LogP contribution in [0.3, 0.4) is 0 Å². The fourth-order valence-corrected chi connectivity index (χ4v) is 3.12. The smallest absolute Gasteiger partial charge is 0.253 e. The Balaban J connectivity index is 1.43. The monoisotopic (exact) mass is 370 g/mol. The van der Waals surface area contributed by atoms with Gasteiger partial charge in [-0.15, -0.1) is 0 Å². The number of hydrogen-bond acceptors (Lipinski definition) is 5. The Morgan fingerprint density at radius 1 is 1.07 bits per heavy atom. The molecule has 0 bridgehead atoms. The molecule has 1 aliphatic rings. The summed E-state index contributed by atoms with van der Waals surface area (Å²) in [5.74, 6) is 1.10. The Morgan fingerprint density at radius 2 is 1.81 bits per heavy atom. The second-order valence-corrected chi connectivity index (χ2v) is 7.05. The molecule has 1 fully saturated rings. The third-order valence-electron chi connectivity index (χ3n) is 4.96. The Morgan fingerprint density at radius 3 is 2.44 bits per heavy atom. The van der Waals surface area contributed by atoms with Crippen LogP contribution in [0.5, 0.6) is 0 Å². The van der Waals surface area contributed by atoms with E-state index in [0.717, 1.165) is 24.2 Å². The van der Waals surface area contributed by atoms with Gasteiger partial charge in [-0.2, -0.15) is 0 Å². The van der Waals surface area contributed by atoms with E-state index in [1.807, 2.05) is 36.9 Å². The first kappa shape index (κ1) is 19.1. The van der Waals surface area contributed by atoms with Crippen molar-refractivity contribution in [3.63, 3.8) is 0 Å². The quantitative estimate of drug-likeness (QED) is 0.874. The highest BCUT2D eigenvalue weighted by atomic mass is 16.5. The van der Waals surface area contributed by atoms with Gasteiger partial charge in [0.15, 0.2) is 5.82 Å². The molecule has 2 heterocycles. The zero-order valence-corrected chi connectivity index (χ0v) is 16.1. The van der Waals surface area contributed by atoms with E-state index < -0.39 is 0 Å². The summed E-state index contributed by atoms with van der Waals surface area (Å²) in [6, 6.07) is 7.54. The van der Waals surface area contributed by atoms with E-state index in [0.29, 0.717) is 37.6 Å². The number of aromatic nitrogens is 1. The van der Waals surface area contributed by atoms with Gasteiger partial charge in [-0.3, -0.25) is 14.5 Å². The molecule has 7 nitrogen and oxygen atoms in total. The SMILES string of the molecule is Cc1cc(NC(=O)CCN2CCN(C(=O)c3ccc(C)c(C)c3)CC2)no1. The molecule has 2 aromatic rings. The average Bonchev–Trinajstić information content (AvgIpc) is 3.07. The predicted octanol–water partition coefficient (Wildman–Crippen LogP) is 2.39. The minimum Gasteiger partial charge on any atom is -0.360 e. The molecular weight excluding hydrogens is 344 g/mol. The molecule has 1 N–H and O–H groups in total. The fraction of sp³-hybridized carbons (Fsp3) is 0.450. The first-order valence-corrected chi connectivity index (χ1v) is 9.24. The number of aryl methyl sites for hydroxylation is 3. The number of benzene rings is 1. The summed E-state index contributed by atoms with van der Waals surface area (Å²) in [5.41, 5.74) is 3.07. The lowest BCUT2D eigenvalue weighted by molar-refractivity contribution is -0.116. The molecule has 1 aromatic carbocycles. The summed E-state index contributed by atoms with van der Waals surface area (Å²) < 4.78 is 4.93. The molecular formula is C20H26N4O3. The number of amides is 2. The lowest BCUT2D eigenvalue weighted by atomic mass is 10.1. The van der Waals surface area contributed by atoms with Crippen molar-refractivity contribution in [3.8, 4) is 0 Å². The van der Waals surface area contributed by atoms with Crippen molar-refractivity contribution in [3.05, 3.63) is 46.7 Å². The highest BCUT2D eigenvalue weighted by Gasteiger charge is 2.22. The van der Waals surface area contributed by atoms with E-state index in [4.69, 9.17) is 4.52 Å². The second-order valence-electron chi connectivity index (χ2n) is 7.05. The van der Waals surface area contributed by atoms with Crippen LogP contribution in [0.15, 0.2) is 28.8 Å². The predicted molar refractivity (Wildman–Crippen MR) is 103 cm³/mol. The summed E-state index contributed by atoms with van der Waals surface area (Å²) >= 11 is 0. The van der Waals surface area contributed by atoms with Crippen molar-refractivity contribution in [2.45, 2.75) is 27.2 Å². The Kier molecular flexibility index (Phi) is 5.91. The highest BCUT2D eigenvalue weighted by Crippen LogP contribution is 2.14. The number of nitrogens with one attached hydrogen (secondary N) is 1. The van der Waals surface area contributed by atoms with E-state index in [9.17, 15) is 9.59 Å². The van der Waals surface area contributed by atoms with Gasteiger partial charge in [-0.1, -0.05) is 11.2 Å². The van der Waals surface area contributed by atoms with Crippen LogP contribution >= 0.6 is 0 Å². The summed E-state index contributed by atoms with van der Waals surface area (Å²) in [5, 5.41) is 6.48. The maximum absolute atomic E-state index is 12.7. The van der Waals surface area contributed by atoms with E-state index in [-0.39, 0.29) is 11.8 Å². The zero-order chi connectivity index (χ0) is 19.4. The molecule has 7 heteroatoms. The molecule has 1 saturated heterocycles. The molecule has 0 spiro atoms. The van der Waals surface area contributed by atoms with Crippen molar-refractivity contribution in [1.29, 1.82) is 0 Å². The van der Waals surface area contributed by atoms with Gasteiger partial charge in [0.2, 0.25) is 5.91 Å². The molecule has 0 radical (unpaired) electrons. The topological polar surface area (TPSA) is 78.7 Å². The molecule has 144 valence electrons. The van der Waals surface area contributed by atoms with E-state index in [1.165, 1.54) is 5.56 Å². The van der Waals surface area contributed by atoms with Gasteiger partial charge in [-0.05, 0) is 44.0 Å². The molecule has 27 heavy (non-hydrogen) atoms. The molecule has 0 aliphatic carbocycles. The van der Waals surface area contributed by atoms with Crippen molar-refractivity contribution in [2.24, 2.45) is 0 Å². The van der Waals surface area contributed by atoms with Crippen LogP contribution < -0.4 is 5.32 Å². The van der Waals surface area contributed by atoms with E-state index >= 15 is 0 Å². The number of carbonyl (C=O) groups is 2. The summed E-state index contributed by atoms with van der Waals surface area (Å²) in [4.78, 5) is 28.8. The Labute approximate surface area is 159 Å². The maximum atomic E-state index is 12.7. The van der Waals surface area contributed by atoms with Crippen LogP contribution in [-0.2, 0) is 4.79 Å². The largest absolute Gasteiger partial charge is 0.360 e. The van der Waals surface area contributed by atoms with E-state index in [2.05, 4.69) is 15.4 Å². The summed E-state index contributed by atoms with van der Waals surface area (Å²) in [7, 11) is 0. The number of piperazine rings is 1. The Hall–Kier alpha value is -2.67. The van der Waals surface area contributed by atoms with Crippen LogP contribution in [0.25, 0.3) is 0 Å². The molecule has 1 aromatic heterocycles. The molecule has 0 atom stereocenters. The van der Waals surface area contributed by atoms with Crippen molar-refractivity contribution >= 4 is 17.6 Å². The third-order valence-corrected chi connectivity index (χ3v) is 4.96. The zero-order valence-electron chi connectivity index (χ0n) is 16.1. The summed E-state index contributed by atoms with van der Waals surface area (Å²) in [6.45, 7) is 9.40. The van der Waals surface area contributed by atoms with Gasteiger partial charge in [0, 0.05) is 50.8 Å². The lowest BCUT2D eigenvalue weighted by Gasteiger charge is -2.34. The summed E-state index contributed by atoms with van der Waals surface area (Å²) in [6.07, 6.45) is 0.386. The van der Waals surface area contributed by atoms with Gasteiger partial charge in [-0.25, -0.2) is 0 Å². The van der Waals surface area contributed by atoms with Gasteiger partial charge in [0.05, 0.1) is 0 Å². The normalized spacial score (nSPS) is 15.0. The van der Waals surface area contributed by atoms with Crippen molar-refractivity contribution in [2.75, 3.05) is 38.0 Å². The van der Waals surface area contributed by atoms with Crippen LogP contribution in [0, 0.1) is 20.8 Å². The van der Waals surface area contributed by atoms with Crippen LogP contribution in [0.1, 0.15) is 33.7 Å². The number of hydrogen-bond donors (Lipinski definition) is 1. The van der Waals surface area contributed by atoms with Gasteiger partial charge >= 0.3 is 0 Å². The molecule has 0 saturated carbocycles. The maximum Gasteiger partial charge on any atom is 0.253 e. The molecule has 2 amide bonds. The van der Waals surface area contributed by atoms with E-state index in [1.54, 1.807) is 13.0 Å². The number of carbonyl (C=O) groups excluding carboxylic acids is 2. The van der Waals surface area contributed by atoms with Crippen LogP contribution in [-0.4, -0.2) is 59.5 Å². The van der Waals surface area contributed by atoms with Crippen molar-refractivity contribution in [1.82, 2.24) is 15.0 Å². The van der Waals surface area contributed by atoms with Gasteiger partial charge in [0.1, 0.15) is 5.76 Å². The lowest BCUT2D eigenvalue weighted by Crippen LogP contribution is -2.49. The average molecular weight is 370 g/mol. The molecule has 1 aliphatic heterocycles. The first-order chi connectivity index (χ1) is 12.9. The van der Waals surface area contributed by atoms with Gasteiger partial charge < -0.3 is 14.7 Å². The molecule has 0 unspecified atom stereocenters. The first-order valence-electron chi connectivity index (χ1n) is 9.24. The molecule has 3 rings (SSSR count). The number of anilines is 1. The Bertz CT molecular complexity index is 822. The van der Waals surface area contributed by atoms with Crippen LogP contribution in [0.2, 0.25) is 0 Å². The number of nitrogens with zero attached hydrogens (tertiary/aromatic N) is 3. The minimum atomic E-state index is -0.0862. The fourth-order valence-electron chi connectivity index (χ4n) is 3.12. The van der Waals surface area contributed by atoms with Gasteiger partial charge in [0.25, 0.3) is 5.91 Å². The minimum absolute atomic E-state index is 0.0805. The van der Waals surface area contributed by atoms with Crippen LogP contribution in [0.4, 0.5) is 5.82 Å². The standard InChI is InChI=1S/C20H26N4O3/c1-14-4-5-17(12-15(14)2)20(26)24-10-8-23(9-11-24)7-6-19(25)21-18-13-16(3)27-22-18/h4-5,12-13H,6-11H2,1-3H3,(H,21,22,25).